The van der Waals surface area contributed by atoms with Crippen LogP contribution in [0.2, 0.25) is 0 Å². The minimum Gasteiger partial charge on any atom is -0.480 e. The van der Waals surface area contributed by atoms with E-state index in [1.807, 2.05) is 36.5 Å². The van der Waals surface area contributed by atoms with Gasteiger partial charge in [0.1, 0.15) is 5.54 Å². The second-order valence-corrected chi connectivity index (χ2v) is 5.15. The number of aliphatic carboxylic acids is 1. The Balaban J connectivity index is 1.83. The van der Waals surface area contributed by atoms with E-state index in [2.05, 4.69) is 16.7 Å². The topological polar surface area (TPSA) is 68.2 Å². The van der Waals surface area contributed by atoms with E-state index in [1.54, 1.807) is 0 Å². The molecule has 1 fully saturated rings. The summed E-state index contributed by atoms with van der Waals surface area (Å²) in [7, 11) is 0. The lowest BCUT2D eigenvalue weighted by atomic mass is 10.1. The molecular weight excluding hydrogens is 240 g/mol. The molecule has 0 amide bonds. The number of carbonyl (C=O) groups is 1. The lowest BCUT2D eigenvalue weighted by Gasteiger charge is -2.11. The molecule has 3 rings (SSSR count). The third-order valence-corrected chi connectivity index (χ3v) is 3.82. The molecule has 0 saturated heterocycles. The Labute approximate surface area is 111 Å². The number of benzene rings is 1. The van der Waals surface area contributed by atoms with Crippen molar-refractivity contribution in [3.8, 4) is 0 Å². The van der Waals surface area contributed by atoms with Gasteiger partial charge in [0.05, 0.1) is 0 Å². The van der Waals surface area contributed by atoms with Crippen molar-refractivity contribution in [3.05, 3.63) is 59.9 Å². The normalized spacial score (nSPS) is 25.2. The Morgan fingerprint density at radius 1 is 1.32 bits per heavy atom. The van der Waals surface area contributed by atoms with Crippen molar-refractivity contribution in [2.24, 2.45) is 5.73 Å². The first kappa shape index (κ1) is 12.0. The highest BCUT2D eigenvalue weighted by Gasteiger charge is 2.59. The van der Waals surface area contributed by atoms with Crippen LogP contribution in [-0.4, -0.2) is 21.2 Å². The molecular formula is C15H16N2O2. The highest BCUT2D eigenvalue weighted by molar-refractivity contribution is 5.84. The number of nitrogens with zero attached hydrogens (tertiary/aromatic N) is 1. The molecule has 1 aromatic carbocycles. The van der Waals surface area contributed by atoms with E-state index in [1.165, 1.54) is 5.56 Å². The lowest BCUT2D eigenvalue weighted by Crippen LogP contribution is -2.34. The summed E-state index contributed by atoms with van der Waals surface area (Å²) in [4.78, 5) is 11.1. The molecule has 1 heterocycles. The summed E-state index contributed by atoms with van der Waals surface area (Å²) in [5.41, 5.74) is 7.00. The van der Waals surface area contributed by atoms with Gasteiger partial charge in [0.15, 0.2) is 0 Å². The average molecular weight is 256 g/mol. The van der Waals surface area contributed by atoms with Gasteiger partial charge < -0.3 is 15.4 Å². The van der Waals surface area contributed by atoms with Gasteiger partial charge in [-0.15, -0.1) is 0 Å². The predicted octanol–water partition coefficient (Wildman–Crippen LogP) is 1.81. The Hall–Kier alpha value is -2.07. The van der Waals surface area contributed by atoms with Gasteiger partial charge in [-0.1, -0.05) is 30.3 Å². The Bertz CT molecular complexity index is 606. The van der Waals surface area contributed by atoms with Gasteiger partial charge in [-0.3, -0.25) is 4.79 Å². The molecule has 98 valence electrons. The van der Waals surface area contributed by atoms with Crippen LogP contribution >= 0.6 is 0 Å². The van der Waals surface area contributed by atoms with E-state index >= 15 is 0 Å². The van der Waals surface area contributed by atoms with Gasteiger partial charge in [0.2, 0.25) is 0 Å². The molecule has 0 aliphatic heterocycles. The van der Waals surface area contributed by atoms with Crippen molar-refractivity contribution in [2.45, 2.75) is 24.4 Å². The standard InChI is InChI=1S/C15H16N2O2/c16-15(14(18)19)9-12(15)13-7-4-8-17(13)10-11-5-2-1-3-6-11/h1-8,12H,9-10,16H2,(H,18,19). The van der Waals surface area contributed by atoms with E-state index < -0.39 is 11.5 Å². The summed E-state index contributed by atoms with van der Waals surface area (Å²) in [6, 6.07) is 14.0. The Morgan fingerprint density at radius 2 is 2.05 bits per heavy atom. The Kier molecular flexibility index (Phi) is 2.68. The first-order valence-electron chi connectivity index (χ1n) is 6.32. The summed E-state index contributed by atoms with van der Waals surface area (Å²) in [5, 5.41) is 9.13. The largest absolute Gasteiger partial charge is 0.480 e. The van der Waals surface area contributed by atoms with E-state index in [-0.39, 0.29) is 5.92 Å². The number of carboxylic acid groups (broad SMARTS) is 1. The van der Waals surface area contributed by atoms with E-state index in [9.17, 15) is 4.79 Å². The van der Waals surface area contributed by atoms with Gasteiger partial charge >= 0.3 is 5.97 Å². The van der Waals surface area contributed by atoms with Gasteiger partial charge in [-0.25, -0.2) is 0 Å². The zero-order valence-electron chi connectivity index (χ0n) is 10.5. The minimum absolute atomic E-state index is 0.0799. The van der Waals surface area contributed by atoms with E-state index in [0.717, 1.165) is 12.2 Å². The fraction of sp³-hybridized carbons (Fsp3) is 0.267. The summed E-state index contributed by atoms with van der Waals surface area (Å²) >= 11 is 0. The van der Waals surface area contributed by atoms with Crippen LogP contribution in [0, 0.1) is 0 Å². The number of rotatable bonds is 4. The van der Waals surface area contributed by atoms with Crippen molar-refractivity contribution in [1.82, 2.24) is 4.57 Å². The molecule has 0 radical (unpaired) electrons. The monoisotopic (exact) mass is 256 g/mol. The van der Waals surface area contributed by atoms with Crippen LogP contribution < -0.4 is 5.73 Å². The average Bonchev–Trinajstić information content (AvgIpc) is 2.89. The fourth-order valence-corrected chi connectivity index (χ4v) is 2.55. The molecule has 2 aromatic rings. The van der Waals surface area contributed by atoms with E-state index in [4.69, 9.17) is 10.8 Å². The number of hydrogen-bond donors (Lipinski definition) is 2. The van der Waals surface area contributed by atoms with Crippen molar-refractivity contribution < 1.29 is 9.90 Å². The molecule has 1 aliphatic rings. The maximum atomic E-state index is 11.1. The third kappa shape index (κ3) is 2.04. The third-order valence-electron chi connectivity index (χ3n) is 3.82. The van der Waals surface area contributed by atoms with Crippen LogP contribution in [0.5, 0.6) is 0 Å². The van der Waals surface area contributed by atoms with E-state index in [0.29, 0.717) is 6.42 Å². The molecule has 0 spiro atoms. The molecule has 0 bridgehead atoms. The summed E-state index contributed by atoms with van der Waals surface area (Å²) < 4.78 is 2.08. The van der Waals surface area contributed by atoms with Gasteiger partial charge in [0, 0.05) is 24.4 Å². The molecule has 2 atom stereocenters. The van der Waals surface area contributed by atoms with Crippen LogP contribution in [0.25, 0.3) is 0 Å². The maximum Gasteiger partial charge on any atom is 0.324 e. The summed E-state index contributed by atoms with van der Waals surface area (Å²) in [6.45, 7) is 0.745. The van der Waals surface area contributed by atoms with Crippen molar-refractivity contribution >= 4 is 5.97 Å². The van der Waals surface area contributed by atoms with Crippen LogP contribution in [0.1, 0.15) is 23.6 Å². The van der Waals surface area contributed by atoms with Crippen molar-refractivity contribution in [2.75, 3.05) is 0 Å². The predicted molar refractivity (Wildman–Crippen MR) is 71.9 cm³/mol. The highest BCUT2D eigenvalue weighted by Crippen LogP contribution is 2.49. The number of nitrogens with two attached hydrogens (primary N) is 1. The SMILES string of the molecule is NC1(C(=O)O)CC1c1cccn1Cc1ccccc1. The quantitative estimate of drug-likeness (QED) is 0.876. The van der Waals surface area contributed by atoms with Crippen LogP contribution in [0.4, 0.5) is 0 Å². The van der Waals surface area contributed by atoms with Crippen LogP contribution in [0.15, 0.2) is 48.7 Å². The van der Waals surface area contributed by atoms with Gasteiger partial charge in [0.25, 0.3) is 0 Å². The molecule has 1 aliphatic carbocycles. The summed E-state index contributed by atoms with van der Waals surface area (Å²) in [5.74, 6) is -0.992. The second kappa shape index (κ2) is 4.24. The van der Waals surface area contributed by atoms with Crippen LogP contribution in [-0.2, 0) is 11.3 Å². The smallest absolute Gasteiger partial charge is 0.324 e. The van der Waals surface area contributed by atoms with Gasteiger partial charge in [-0.2, -0.15) is 0 Å². The van der Waals surface area contributed by atoms with Crippen LogP contribution in [0.3, 0.4) is 0 Å². The second-order valence-electron chi connectivity index (χ2n) is 5.15. The summed E-state index contributed by atoms with van der Waals surface area (Å²) in [6.07, 6.45) is 2.49. The maximum absolute atomic E-state index is 11.1. The molecule has 3 N–H and O–H groups in total. The molecule has 4 heteroatoms. The number of hydrogen-bond acceptors (Lipinski definition) is 2. The number of aromatic nitrogens is 1. The molecule has 19 heavy (non-hydrogen) atoms. The zero-order valence-corrected chi connectivity index (χ0v) is 10.5. The molecule has 1 saturated carbocycles. The zero-order chi connectivity index (χ0) is 13.5. The van der Waals surface area contributed by atoms with Crippen molar-refractivity contribution in [3.63, 3.8) is 0 Å². The van der Waals surface area contributed by atoms with Gasteiger partial charge in [-0.05, 0) is 24.1 Å². The molecule has 1 aromatic heterocycles. The molecule has 2 unspecified atom stereocenters. The fourth-order valence-electron chi connectivity index (χ4n) is 2.55. The number of carboxylic acids is 1. The molecule has 4 nitrogen and oxygen atoms in total. The minimum atomic E-state index is -1.08. The first-order valence-corrected chi connectivity index (χ1v) is 6.32. The Morgan fingerprint density at radius 3 is 2.68 bits per heavy atom. The first-order chi connectivity index (χ1) is 9.11. The van der Waals surface area contributed by atoms with Crippen molar-refractivity contribution in [1.29, 1.82) is 0 Å². The highest BCUT2D eigenvalue weighted by atomic mass is 16.4. The lowest BCUT2D eigenvalue weighted by molar-refractivity contribution is -0.139.